The summed E-state index contributed by atoms with van der Waals surface area (Å²) in [6, 6.07) is 8.33. The molecular formula is C20H29FN4O2S. The van der Waals surface area contributed by atoms with Crippen molar-refractivity contribution in [2.45, 2.75) is 63.8 Å². The van der Waals surface area contributed by atoms with Crippen molar-refractivity contribution in [3.05, 3.63) is 41.8 Å². The van der Waals surface area contributed by atoms with E-state index in [1.54, 1.807) is 6.07 Å². The van der Waals surface area contributed by atoms with Crippen LogP contribution in [0.25, 0.3) is 11.3 Å². The number of aromatic nitrogens is 2. The van der Waals surface area contributed by atoms with Gasteiger partial charge in [-0.2, -0.15) is 18.2 Å². The van der Waals surface area contributed by atoms with Crippen LogP contribution < -0.4 is 9.44 Å². The van der Waals surface area contributed by atoms with Crippen molar-refractivity contribution in [3.8, 4) is 11.3 Å². The number of rotatable bonds is 9. The summed E-state index contributed by atoms with van der Waals surface area (Å²) in [5.41, 5.74) is 2.50. The topological polar surface area (TPSA) is 86.9 Å². The molecule has 6 nitrogen and oxygen atoms in total. The lowest BCUT2D eigenvalue weighted by atomic mass is 9.84. The first-order valence-electron chi connectivity index (χ1n) is 10.0. The van der Waals surface area contributed by atoms with Crippen molar-refractivity contribution in [2.75, 3.05) is 6.54 Å². The number of hydrogen-bond donors (Lipinski definition) is 3. The third kappa shape index (κ3) is 5.86. The van der Waals surface area contributed by atoms with E-state index in [1.807, 2.05) is 12.1 Å². The maximum Gasteiger partial charge on any atom is 0.277 e. The summed E-state index contributed by atoms with van der Waals surface area (Å²) in [6.07, 6.45) is 6.28. The van der Waals surface area contributed by atoms with E-state index >= 15 is 0 Å². The number of nitrogens with zero attached hydrogens (tertiary/aromatic N) is 1. The Morgan fingerprint density at radius 2 is 1.96 bits per heavy atom. The Hall–Kier alpha value is -1.77. The van der Waals surface area contributed by atoms with Crippen molar-refractivity contribution < 1.29 is 12.8 Å². The minimum atomic E-state index is -3.44. The summed E-state index contributed by atoms with van der Waals surface area (Å²) in [5.74, 6) is 0.0335. The maximum absolute atomic E-state index is 13.4. The third-order valence-electron chi connectivity index (χ3n) is 5.28. The molecule has 0 bridgehead atoms. The molecule has 0 unspecified atom stereocenters. The van der Waals surface area contributed by atoms with Crippen molar-refractivity contribution in [1.82, 2.24) is 19.6 Å². The Kier molecular flexibility index (Phi) is 7.20. The van der Waals surface area contributed by atoms with E-state index in [-0.39, 0.29) is 11.9 Å². The van der Waals surface area contributed by atoms with Gasteiger partial charge in [-0.15, -0.1) is 0 Å². The van der Waals surface area contributed by atoms with Gasteiger partial charge in [-0.3, -0.25) is 5.10 Å². The molecule has 1 aliphatic rings. The molecule has 1 aromatic carbocycles. The molecule has 1 saturated carbocycles. The number of aromatic amines is 1. The van der Waals surface area contributed by atoms with Crippen LogP contribution in [0.2, 0.25) is 0 Å². The molecule has 0 spiro atoms. The molecule has 154 valence electrons. The van der Waals surface area contributed by atoms with Gasteiger partial charge in [-0.25, -0.2) is 9.11 Å². The van der Waals surface area contributed by atoms with Gasteiger partial charge >= 0.3 is 0 Å². The fourth-order valence-corrected chi connectivity index (χ4v) is 4.88. The highest BCUT2D eigenvalue weighted by Gasteiger charge is 2.26. The number of hydrogen-bond acceptors (Lipinski definition) is 3. The molecule has 0 atom stereocenters. The molecule has 0 saturated heterocycles. The zero-order valence-corrected chi connectivity index (χ0v) is 17.1. The highest BCUT2D eigenvalue weighted by molar-refractivity contribution is 7.87. The summed E-state index contributed by atoms with van der Waals surface area (Å²) >= 11 is 0. The zero-order chi connectivity index (χ0) is 20.0. The van der Waals surface area contributed by atoms with Crippen LogP contribution in [-0.2, 0) is 10.2 Å². The molecule has 1 fully saturated rings. The van der Waals surface area contributed by atoms with Gasteiger partial charge in [-0.1, -0.05) is 31.9 Å². The minimum Gasteiger partial charge on any atom is -0.282 e. The first kappa shape index (κ1) is 21.0. The lowest BCUT2D eigenvalue weighted by Crippen LogP contribution is -2.44. The van der Waals surface area contributed by atoms with Crippen LogP contribution >= 0.6 is 0 Å². The molecule has 8 heteroatoms. The average molecular weight is 409 g/mol. The smallest absolute Gasteiger partial charge is 0.277 e. The van der Waals surface area contributed by atoms with Gasteiger partial charge in [0.15, 0.2) is 0 Å². The molecule has 0 aliphatic heterocycles. The second-order valence-electron chi connectivity index (χ2n) is 7.49. The normalized spacial score (nSPS) is 20.4. The molecule has 0 radical (unpaired) electrons. The van der Waals surface area contributed by atoms with Crippen LogP contribution in [0.15, 0.2) is 30.3 Å². The van der Waals surface area contributed by atoms with Gasteiger partial charge in [-0.05, 0) is 50.3 Å². The largest absolute Gasteiger partial charge is 0.282 e. The van der Waals surface area contributed by atoms with E-state index in [4.69, 9.17) is 0 Å². The van der Waals surface area contributed by atoms with Crippen LogP contribution in [-0.4, -0.2) is 31.2 Å². The predicted octanol–water partition coefficient (Wildman–Crippen LogP) is 3.86. The van der Waals surface area contributed by atoms with Gasteiger partial charge < -0.3 is 0 Å². The Morgan fingerprint density at radius 3 is 2.68 bits per heavy atom. The SMILES string of the molecule is CCCCCNS(=O)(=O)NC1CCC(c2cc(-c3cccc(F)c3)n[nH]2)CC1. The second-order valence-corrected chi connectivity index (χ2v) is 9.02. The summed E-state index contributed by atoms with van der Waals surface area (Å²) in [4.78, 5) is 0. The van der Waals surface area contributed by atoms with E-state index < -0.39 is 10.2 Å². The summed E-state index contributed by atoms with van der Waals surface area (Å²) in [7, 11) is -3.44. The molecule has 0 amide bonds. The fraction of sp³-hybridized carbons (Fsp3) is 0.550. The third-order valence-corrected chi connectivity index (χ3v) is 6.51. The van der Waals surface area contributed by atoms with E-state index in [2.05, 4.69) is 26.6 Å². The summed E-state index contributed by atoms with van der Waals surface area (Å²) in [5, 5.41) is 7.39. The molecule has 1 heterocycles. The monoisotopic (exact) mass is 408 g/mol. The van der Waals surface area contributed by atoms with Crippen molar-refractivity contribution in [2.24, 2.45) is 0 Å². The highest BCUT2D eigenvalue weighted by atomic mass is 32.2. The van der Waals surface area contributed by atoms with Gasteiger partial charge in [0, 0.05) is 29.8 Å². The Bertz CT molecular complexity index is 861. The van der Waals surface area contributed by atoms with Crippen molar-refractivity contribution in [1.29, 1.82) is 0 Å². The number of benzene rings is 1. The Balaban J connectivity index is 1.50. The van der Waals surface area contributed by atoms with Crippen molar-refractivity contribution >= 4 is 10.2 Å². The minimum absolute atomic E-state index is 0.0365. The Morgan fingerprint density at radius 1 is 1.18 bits per heavy atom. The fourth-order valence-electron chi connectivity index (χ4n) is 3.71. The van der Waals surface area contributed by atoms with Crippen LogP contribution in [0.1, 0.15) is 63.5 Å². The Labute approximate surface area is 166 Å². The molecule has 2 aromatic rings. The summed E-state index contributed by atoms with van der Waals surface area (Å²) in [6.45, 7) is 2.57. The zero-order valence-electron chi connectivity index (χ0n) is 16.2. The van der Waals surface area contributed by atoms with E-state index in [0.29, 0.717) is 12.5 Å². The first-order chi connectivity index (χ1) is 13.5. The van der Waals surface area contributed by atoms with E-state index in [9.17, 15) is 12.8 Å². The molecule has 1 aromatic heterocycles. The number of H-pyrrole nitrogens is 1. The molecule has 1 aliphatic carbocycles. The van der Waals surface area contributed by atoms with Crippen LogP contribution in [0, 0.1) is 5.82 Å². The predicted molar refractivity (Wildman–Crippen MR) is 109 cm³/mol. The van der Waals surface area contributed by atoms with Gasteiger partial charge in [0.25, 0.3) is 10.2 Å². The van der Waals surface area contributed by atoms with E-state index in [0.717, 1.165) is 61.9 Å². The highest BCUT2D eigenvalue weighted by Crippen LogP contribution is 2.33. The average Bonchev–Trinajstić information content (AvgIpc) is 3.16. The van der Waals surface area contributed by atoms with Gasteiger partial charge in [0.2, 0.25) is 0 Å². The molecule has 28 heavy (non-hydrogen) atoms. The van der Waals surface area contributed by atoms with E-state index in [1.165, 1.54) is 12.1 Å². The van der Waals surface area contributed by atoms with Crippen LogP contribution in [0.5, 0.6) is 0 Å². The van der Waals surface area contributed by atoms with Crippen molar-refractivity contribution in [3.63, 3.8) is 0 Å². The number of halogens is 1. The van der Waals surface area contributed by atoms with Gasteiger partial charge in [0.1, 0.15) is 5.82 Å². The first-order valence-corrected chi connectivity index (χ1v) is 11.5. The number of unbranched alkanes of at least 4 members (excludes halogenated alkanes) is 2. The molecule has 3 N–H and O–H groups in total. The van der Waals surface area contributed by atoms with Crippen LogP contribution in [0.3, 0.4) is 0 Å². The summed E-state index contributed by atoms with van der Waals surface area (Å²) < 4.78 is 43.1. The standard InChI is InChI=1S/C20H29FN4O2S/c1-2-3-4-12-22-28(26,27)25-18-10-8-15(9-11-18)19-14-20(24-23-19)16-6-5-7-17(21)13-16/h5-7,13-15,18,22,25H,2-4,8-12H2,1H3,(H,23,24). The number of nitrogens with one attached hydrogen (secondary N) is 3. The quantitative estimate of drug-likeness (QED) is 0.551. The van der Waals surface area contributed by atoms with Gasteiger partial charge in [0.05, 0.1) is 5.69 Å². The van der Waals surface area contributed by atoms with Crippen LogP contribution in [0.4, 0.5) is 4.39 Å². The lowest BCUT2D eigenvalue weighted by molar-refractivity contribution is 0.368. The maximum atomic E-state index is 13.4. The molecular weight excluding hydrogens is 379 g/mol. The molecule has 3 rings (SSSR count). The second kappa shape index (κ2) is 9.62. The lowest BCUT2D eigenvalue weighted by Gasteiger charge is -2.28.